The Morgan fingerprint density at radius 1 is 1.19 bits per heavy atom. The Kier molecular flexibility index (Phi) is 5.36. The molecular weight excluding hydrogens is 345 g/mol. The van der Waals surface area contributed by atoms with E-state index in [0.29, 0.717) is 23.1 Å². The Bertz CT molecular complexity index is 792. The van der Waals surface area contributed by atoms with Gasteiger partial charge in [0.1, 0.15) is 5.75 Å². The molecule has 0 unspecified atom stereocenters. The molecule has 1 aliphatic heterocycles. The van der Waals surface area contributed by atoms with E-state index in [0.717, 1.165) is 17.9 Å². The van der Waals surface area contributed by atoms with E-state index in [-0.39, 0.29) is 18.5 Å². The smallest absolute Gasteiger partial charge is 0.409 e. The molecule has 0 radical (unpaired) electrons. The minimum atomic E-state index is -4.52. The predicted octanol–water partition coefficient (Wildman–Crippen LogP) is 4.36. The second kappa shape index (κ2) is 7.53. The van der Waals surface area contributed by atoms with Gasteiger partial charge in [0, 0.05) is 18.4 Å². The number of carbonyl (C=O) groups is 1. The lowest BCUT2D eigenvalue weighted by atomic mass is 9.97. The summed E-state index contributed by atoms with van der Waals surface area (Å²) in [4.78, 5) is 11.4. The number of hydrazine groups is 1. The number of unbranched alkanes of at least 4 members (excludes halogenated alkanes) is 1. The van der Waals surface area contributed by atoms with E-state index < -0.39 is 18.1 Å². The number of nitrogens with one attached hydrogen (secondary N) is 1. The van der Waals surface area contributed by atoms with Crippen LogP contribution in [0.5, 0.6) is 5.75 Å². The Balaban J connectivity index is 2.05. The molecule has 1 heterocycles. The molecule has 0 aliphatic carbocycles. The van der Waals surface area contributed by atoms with Gasteiger partial charge in [-0.2, -0.15) is 13.2 Å². The molecule has 0 bridgehead atoms. The third-order valence-corrected chi connectivity index (χ3v) is 4.44. The van der Waals surface area contributed by atoms with Gasteiger partial charge in [-0.1, -0.05) is 43.7 Å². The van der Waals surface area contributed by atoms with E-state index in [1.54, 1.807) is 30.3 Å². The van der Waals surface area contributed by atoms with Crippen molar-refractivity contribution in [3.05, 3.63) is 42.0 Å². The Hall–Kier alpha value is -2.28. The van der Waals surface area contributed by atoms with Crippen LogP contribution in [0.4, 0.5) is 13.2 Å². The number of hydrogen-bond donors (Lipinski definition) is 1. The Morgan fingerprint density at radius 2 is 1.92 bits per heavy atom. The highest BCUT2D eigenvalue weighted by Crippen LogP contribution is 2.42. The fourth-order valence-electron chi connectivity index (χ4n) is 3.20. The second-order valence-corrected chi connectivity index (χ2v) is 6.32. The number of ether oxygens (including phenoxy) is 1. The monoisotopic (exact) mass is 366 g/mol. The highest BCUT2D eigenvalue weighted by atomic mass is 19.4. The van der Waals surface area contributed by atoms with Crippen LogP contribution in [0.2, 0.25) is 0 Å². The summed E-state index contributed by atoms with van der Waals surface area (Å²) in [5.74, 6) is 0.173. The van der Waals surface area contributed by atoms with Gasteiger partial charge in [0.15, 0.2) is 6.04 Å². The van der Waals surface area contributed by atoms with Gasteiger partial charge in [-0.15, -0.1) is 0 Å². The number of alkyl halides is 3. The fourth-order valence-corrected chi connectivity index (χ4v) is 3.20. The van der Waals surface area contributed by atoms with Crippen molar-refractivity contribution in [3.63, 3.8) is 0 Å². The molecule has 2 aromatic rings. The minimum absolute atomic E-state index is 0.0199. The first-order valence-corrected chi connectivity index (χ1v) is 8.69. The van der Waals surface area contributed by atoms with E-state index >= 15 is 0 Å². The first kappa shape index (κ1) is 18.5. The lowest BCUT2D eigenvalue weighted by molar-refractivity contribution is -0.190. The first-order chi connectivity index (χ1) is 12.4. The van der Waals surface area contributed by atoms with Gasteiger partial charge in [0.05, 0.1) is 6.61 Å². The van der Waals surface area contributed by atoms with Crippen molar-refractivity contribution in [2.45, 2.75) is 38.4 Å². The maximum Gasteiger partial charge on any atom is 0.409 e. The quantitative estimate of drug-likeness (QED) is 0.773. The third-order valence-electron chi connectivity index (χ3n) is 4.44. The summed E-state index contributed by atoms with van der Waals surface area (Å²) in [6.07, 6.45) is -2.62. The predicted molar refractivity (Wildman–Crippen MR) is 92.6 cm³/mol. The van der Waals surface area contributed by atoms with Crippen molar-refractivity contribution in [1.29, 1.82) is 0 Å². The number of halogens is 3. The van der Waals surface area contributed by atoms with Crippen LogP contribution in [-0.4, -0.2) is 30.2 Å². The second-order valence-electron chi connectivity index (χ2n) is 6.32. The molecule has 3 rings (SSSR count). The molecule has 1 aliphatic rings. The summed E-state index contributed by atoms with van der Waals surface area (Å²) < 4.78 is 47.3. The van der Waals surface area contributed by atoms with Gasteiger partial charge in [-0.25, -0.2) is 5.01 Å². The van der Waals surface area contributed by atoms with Crippen molar-refractivity contribution in [2.24, 2.45) is 0 Å². The van der Waals surface area contributed by atoms with Crippen LogP contribution in [0, 0.1) is 0 Å². The summed E-state index contributed by atoms with van der Waals surface area (Å²) >= 11 is 0. The lowest BCUT2D eigenvalue weighted by Gasteiger charge is -2.30. The average Bonchev–Trinajstić information content (AvgIpc) is 3.00. The average molecular weight is 366 g/mol. The zero-order valence-electron chi connectivity index (χ0n) is 14.5. The van der Waals surface area contributed by atoms with E-state index in [4.69, 9.17) is 4.74 Å². The van der Waals surface area contributed by atoms with Gasteiger partial charge < -0.3 is 4.74 Å². The van der Waals surface area contributed by atoms with Gasteiger partial charge in [-0.3, -0.25) is 10.2 Å². The van der Waals surface area contributed by atoms with Crippen LogP contribution in [0.25, 0.3) is 10.8 Å². The van der Waals surface area contributed by atoms with Crippen molar-refractivity contribution in [2.75, 3.05) is 13.2 Å². The molecule has 4 nitrogen and oxygen atoms in total. The van der Waals surface area contributed by atoms with E-state index in [1.165, 1.54) is 6.07 Å². The molecule has 140 valence electrons. The van der Waals surface area contributed by atoms with Gasteiger partial charge >= 0.3 is 6.18 Å². The maximum absolute atomic E-state index is 13.8. The number of amides is 1. The largest absolute Gasteiger partial charge is 0.493 e. The number of nitrogens with zero attached hydrogens (tertiary/aromatic N) is 1. The molecule has 0 spiro atoms. The number of rotatable bonds is 6. The van der Waals surface area contributed by atoms with Gasteiger partial charge in [0.25, 0.3) is 0 Å². The number of carbonyl (C=O) groups excluding carboxylic acids is 1. The normalized spacial score (nSPS) is 16.7. The zero-order valence-corrected chi connectivity index (χ0v) is 14.5. The van der Waals surface area contributed by atoms with E-state index in [9.17, 15) is 18.0 Å². The van der Waals surface area contributed by atoms with Crippen molar-refractivity contribution in [3.8, 4) is 5.75 Å². The molecule has 0 aromatic heterocycles. The SMILES string of the molecule is CCCCOc1cccc2c([C@H](N3CCC(=O)N3)C(F)(F)F)cccc12. The summed E-state index contributed by atoms with van der Waals surface area (Å²) in [7, 11) is 0. The molecular formula is C19H21F3N2O2. The van der Waals surface area contributed by atoms with Crippen molar-refractivity contribution in [1.82, 2.24) is 10.4 Å². The lowest BCUT2D eigenvalue weighted by Crippen LogP contribution is -2.43. The van der Waals surface area contributed by atoms with Crippen molar-refractivity contribution < 1.29 is 22.7 Å². The Labute approximate surface area is 149 Å². The van der Waals surface area contributed by atoms with Gasteiger partial charge in [0.2, 0.25) is 5.91 Å². The maximum atomic E-state index is 13.8. The molecule has 1 saturated heterocycles. The highest BCUT2D eigenvalue weighted by Gasteiger charge is 2.47. The van der Waals surface area contributed by atoms with Crippen LogP contribution < -0.4 is 10.2 Å². The Morgan fingerprint density at radius 3 is 2.58 bits per heavy atom. The highest BCUT2D eigenvalue weighted by molar-refractivity contribution is 5.91. The third kappa shape index (κ3) is 3.77. The molecule has 1 N–H and O–H groups in total. The van der Waals surface area contributed by atoms with E-state index in [1.807, 2.05) is 6.92 Å². The summed E-state index contributed by atoms with van der Waals surface area (Å²) in [6.45, 7) is 2.58. The zero-order chi connectivity index (χ0) is 18.7. The number of fused-ring (bicyclic) bond motifs is 1. The molecule has 0 saturated carbocycles. The number of benzene rings is 2. The summed E-state index contributed by atoms with van der Waals surface area (Å²) in [6, 6.07) is 8.04. The van der Waals surface area contributed by atoms with Crippen molar-refractivity contribution >= 4 is 16.7 Å². The first-order valence-electron chi connectivity index (χ1n) is 8.69. The summed E-state index contributed by atoms with van der Waals surface area (Å²) in [5.41, 5.74) is 2.43. The van der Waals surface area contributed by atoms with Crippen LogP contribution in [0.3, 0.4) is 0 Å². The molecule has 1 fully saturated rings. The van der Waals surface area contributed by atoms with Gasteiger partial charge in [-0.05, 0) is 23.4 Å². The van der Waals surface area contributed by atoms with Crippen LogP contribution >= 0.6 is 0 Å². The number of hydrogen-bond acceptors (Lipinski definition) is 3. The summed E-state index contributed by atoms with van der Waals surface area (Å²) in [5, 5.41) is 2.09. The topological polar surface area (TPSA) is 41.6 Å². The van der Waals surface area contributed by atoms with Crippen LogP contribution in [0.1, 0.15) is 37.8 Å². The molecule has 2 aromatic carbocycles. The molecule has 1 atom stereocenters. The van der Waals surface area contributed by atoms with E-state index in [2.05, 4.69) is 5.43 Å². The van der Waals surface area contributed by atoms with Crippen LogP contribution in [-0.2, 0) is 4.79 Å². The standard InChI is InChI=1S/C19H21F3N2O2/c1-2-3-12-26-16-9-5-6-13-14(16)7-4-8-15(13)18(19(20,21)22)24-11-10-17(25)23-24/h4-9,18H,2-3,10-12H2,1H3,(H,23,25)/t18-/m0/s1. The molecule has 26 heavy (non-hydrogen) atoms. The fraction of sp³-hybridized carbons (Fsp3) is 0.421. The van der Waals surface area contributed by atoms with Crippen LogP contribution in [0.15, 0.2) is 36.4 Å². The molecule has 7 heteroatoms. The minimum Gasteiger partial charge on any atom is -0.493 e. The molecule has 1 amide bonds.